The number of rotatable bonds is 10. The molecule has 0 saturated carbocycles. The van der Waals surface area contributed by atoms with E-state index in [9.17, 15) is 9.59 Å². The van der Waals surface area contributed by atoms with E-state index in [0.29, 0.717) is 38.6 Å². The SMILES string of the molecule is COc1cc(/C=C2\SC(=S)N(CC(=O)NCCCN3CCOCC3)C2=O)cc(OC)c1OC. The molecule has 3 rings (SSSR count). The van der Waals surface area contributed by atoms with Gasteiger partial charge in [-0.3, -0.25) is 19.4 Å². The van der Waals surface area contributed by atoms with Crippen molar-refractivity contribution in [3.8, 4) is 17.2 Å². The number of methoxy groups -OCH3 is 3. The molecule has 2 aliphatic rings. The molecular weight excluding hydrogens is 466 g/mol. The van der Waals surface area contributed by atoms with Crippen LogP contribution in [-0.4, -0.2) is 93.2 Å². The number of amides is 2. The van der Waals surface area contributed by atoms with Gasteiger partial charge in [0.25, 0.3) is 5.91 Å². The summed E-state index contributed by atoms with van der Waals surface area (Å²) in [6.07, 6.45) is 2.54. The fourth-order valence-electron chi connectivity index (χ4n) is 3.53. The Balaban J connectivity index is 1.57. The van der Waals surface area contributed by atoms with Crippen molar-refractivity contribution in [2.75, 3.05) is 67.3 Å². The van der Waals surface area contributed by atoms with Gasteiger partial charge in [-0.05, 0) is 36.7 Å². The molecular formula is C22H29N3O6S2. The third kappa shape index (κ3) is 6.59. The van der Waals surface area contributed by atoms with Crippen molar-refractivity contribution in [2.45, 2.75) is 6.42 Å². The lowest BCUT2D eigenvalue weighted by atomic mass is 10.1. The van der Waals surface area contributed by atoms with Gasteiger partial charge in [0.05, 0.1) is 39.4 Å². The second-order valence-corrected chi connectivity index (χ2v) is 9.06. The Hall–Kier alpha value is -2.34. The minimum atomic E-state index is -0.304. The summed E-state index contributed by atoms with van der Waals surface area (Å²) in [5, 5.41) is 2.87. The first kappa shape index (κ1) is 25.3. The number of nitrogens with zero attached hydrogens (tertiary/aromatic N) is 2. The highest BCUT2D eigenvalue weighted by atomic mass is 32.2. The number of morpholine rings is 1. The van der Waals surface area contributed by atoms with E-state index in [1.807, 2.05) is 0 Å². The van der Waals surface area contributed by atoms with Gasteiger partial charge in [0.1, 0.15) is 10.9 Å². The normalized spacial score (nSPS) is 18.0. The molecule has 0 radical (unpaired) electrons. The first-order valence-corrected chi connectivity index (χ1v) is 11.8. The lowest BCUT2D eigenvalue weighted by Crippen LogP contribution is -2.41. The lowest BCUT2D eigenvalue weighted by molar-refractivity contribution is -0.128. The summed E-state index contributed by atoms with van der Waals surface area (Å²) in [7, 11) is 4.58. The molecule has 2 fully saturated rings. The quantitative estimate of drug-likeness (QED) is 0.296. The monoisotopic (exact) mass is 495 g/mol. The predicted molar refractivity (Wildman–Crippen MR) is 131 cm³/mol. The molecule has 2 heterocycles. The number of ether oxygens (including phenoxy) is 4. The number of thiocarbonyl (C=S) groups is 1. The van der Waals surface area contributed by atoms with E-state index in [2.05, 4.69) is 10.2 Å². The van der Waals surface area contributed by atoms with Gasteiger partial charge in [0.15, 0.2) is 11.5 Å². The molecule has 2 aliphatic heterocycles. The molecule has 11 heteroatoms. The van der Waals surface area contributed by atoms with Crippen molar-refractivity contribution in [1.29, 1.82) is 0 Å². The Labute approximate surface area is 203 Å². The van der Waals surface area contributed by atoms with Crippen LogP contribution in [-0.2, 0) is 14.3 Å². The number of thioether (sulfide) groups is 1. The van der Waals surface area contributed by atoms with Crippen LogP contribution in [0.3, 0.4) is 0 Å². The number of benzene rings is 1. The van der Waals surface area contributed by atoms with Crippen LogP contribution in [0.15, 0.2) is 17.0 Å². The van der Waals surface area contributed by atoms with Gasteiger partial charge in [-0.25, -0.2) is 0 Å². The van der Waals surface area contributed by atoms with Gasteiger partial charge >= 0.3 is 0 Å². The van der Waals surface area contributed by atoms with Crippen LogP contribution in [0, 0.1) is 0 Å². The van der Waals surface area contributed by atoms with Crippen LogP contribution in [0.4, 0.5) is 0 Å². The molecule has 1 aromatic carbocycles. The summed E-state index contributed by atoms with van der Waals surface area (Å²) in [6.45, 7) is 4.70. The molecule has 0 atom stereocenters. The number of hydrogen-bond donors (Lipinski definition) is 1. The van der Waals surface area contributed by atoms with Crippen LogP contribution < -0.4 is 19.5 Å². The smallest absolute Gasteiger partial charge is 0.266 e. The van der Waals surface area contributed by atoms with Crippen molar-refractivity contribution in [3.05, 3.63) is 22.6 Å². The highest BCUT2D eigenvalue weighted by molar-refractivity contribution is 8.26. The predicted octanol–water partition coefficient (Wildman–Crippen LogP) is 1.75. The minimum absolute atomic E-state index is 0.102. The van der Waals surface area contributed by atoms with Crippen molar-refractivity contribution in [1.82, 2.24) is 15.1 Å². The Kier molecular flexibility index (Phi) is 9.36. The Morgan fingerprint density at radius 2 is 1.85 bits per heavy atom. The fourth-order valence-corrected chi connectivity index (χ4v) is 4.78. The third-order valence-corrected chi connectivity index (χ3v) is 6.61. The topological polar surface area (TPSA) is 89.6 Å². The molecule has 9 nitrogen and oxygen atoms in total. The summed E-state index contributed by atoms with van der Waals surface area (Å²) < 4.78 is 21.7. The highest BCUT2D eigenvalue weighted by Gasteiger charge is 2.33. The molecule has 0 bridgehead atoms. The fraction of sp³-hybridized carbons (Fsp3) is 0.500. The van der Waals surface area contributed by atoms with Crippen molar-refractivity contribution in [2.24, 2.45) is 0 Å². The third-order valence-electron chi connectivity index (χ3n) is 5.24. The zero-order valence-electron chi connectivity index (χ0n) is 19.0. The summed E-state index contributed by atoms with van der Waals surface area (Å²) in [5.74, 6) is 0.893. The second-order valence-electron chi connectivity index (χ2n) is 7.38. The summed E-state index contributed by atoms with van der Waals surface area (Å²) >= 11 is 6.51. The van der Waals surface area contributed by atoms with Gasteiger partial charge < -0.3 is 24.3 Å². The molecule has 0 unspecified atom stereocenters. The van der Waals surface area contributed by atoms with Crippen LogP contribution in [0.2, 0.25) is 0 Å². The molecule has 1 aromatic rings. The first-order valence-electron chi connectivity index (χ1n) is 10.6. The first-order chi connectivity index (χ1) is 16.0. The highest BCUT2D eigenvalue weighted by Crippen LogP contribution is 2.40. The molecule has 33 heavy (non-hydrogen) atoms. The van der Waals surface area contributed by atoms with Gasteiger partial charge in [-0.1, -0.05) is 24.0 Å². The minimum Gasteiger partial charge on any atom is -0.493 e. The Morgan fingerprint density at radius 1 is 1.18 bits per heavy atom. The standard InChI is InChI=1S/C22H29N3O6S2/c1-28-16-11-15(12-17(29-2)20(16)30-3)13-18-21(27)25(22(32)33-18)14-19(26)23-5-4-6-24-7-9-31-10-8-24/h11-13H,4-10,14H2,1-3H3,(H,23,26)/b18-13-. The molecule has 2 saturated heterocycles. The maximum atomic E-state index is 12.9. The van der Waals surface area contributed by atoms with E-state index in [0.717, 1.165) is 51.0 Å². The van der Waals surface area contributed by atoms with E-state index in [1.54, 1.807) is 18.2 Å². The van der Waals surface area contributed by atoms with Gasteiger partial charge in [0.2, 0.25) is 11.7 Å². The maximum Gasteiger partial charge on any atom is 0.266 e. The maximum absolute atomic E-state index is 12.9. The number of carbonyl (C=O) groups is 2. The largest absolute Gasteiger partial charge is 0.493 e. The van der Waals surface area contributed by atoms with Gasteiger partial charge in [0, 0.05) is 19.6 Å². The lowest BCUT2D eigenvalue weighted by Gasteiger charge is -2.26. The molecule has 180 valence electrons. The zero-order valence-corrected chi connectivity index (χ0v) is 20.7. The average Bonchev–Trinajstić information content (AvgIpc) is 3.09. The van der Waals surface area contributed by atoms with E-state index < -0.39 is 0 Å². The van der Waals surface area contributed by atoms with E-state index in [1.165, 1.54) is 26.2 Å². The summed E-state index contributed by atoms with van der Waals surface area (Å²) in [5.41, 5.74) is 0.692. The Bertz CT molecular complexity index is 892. The average molecular weight is 496 g/mol. The van der Waals surface area contributed by atoms with Crippen molar-refractivity contribution in [3.63, 3.8) is 0 Å². The number of hydrogen-bond acceptors (Lipinski definition) is 9. The van der Waals surface area contributed by atoms with E-state index in [-0.39, 0.29) is 18.4 Å². The zero-order chi connectivity index (χ0) is 23.8. The Morgan fingerprint density at radius 3 is 2.45 bits per heavy atom. The number of carbonyl (C=O) groups excluding carboxylic acids is 2. The van der Waals surface area contributed by atoms with Gasteiger partial charge in [-0.15, -0.1) is 0 Å². The van der Waals surface area contributed by atoms with Crippen LogP contribution in [0.5, 0.6) is 17.2 Å². The molecule has 1 N–H and O–H groups in total. The summed E-state index contributed by atoms with van der Waals surface area (Å²) in [4.78, 5) is 29.3. The van der Waals surface area contributed by atoms with E-state index >= 15 is 0 Å². The second kappa shape index (κ2) is 12.2. The molecule has 0 aliphatic carbocycles. The van der Waals surface area contributed by atoms with E-state index in [4.69, 9.17) is 31.2 Å². The summed E-state index contributed by atoms with van der Waals surface area (Å²) in [6, 6.07) is 3.49. The van der Waals surface area contributed by atoms with Crippen molar-refractivity contribution >= 4 is 46.2 Å². The molecule has 0 spiro atoms. The molecule has 0 aromatic heterocycles. The van der Waals surface area contributed by atoms with Crippen molar-refractivity contribution < 1.29 is 28.5 Å². The van der Waals surface area contributed by atoms with Crippen LogP contribution >= 0.6 is 24.0 Å². The molecule has 2 amide bonds. The van der Waals surface area contributed by atoms with Crippen LogP contribution in [0.25, 0.3) is 6.08 Å². The van der Waals surface area contributed by atoms with Crippen LogP contribution in [0.1, 0.15) is 12.0 Å². The number of nitrogens with one attached hydrogen (secondary N) is 1. The van der Waals surface area contributed by atoms with Gasteiger partial charge in [-0.2, -0.15) is 0 Å².